The topological polar surface area (TPSA) is 108 Å². The number of likely N-dealkylation sites (tertiary alicyclic amines) is 1. The molecule has 1 fully saturated rings. The number of piperidine rings is 1. The number of ether oxygens (including phenoxy) is 2. The van der Waals surface area contributed by atoms with Gasteiger partial charge in [-0.3, -0.25) is 9.69 Å². The van der Waals surface area contributed by atoms with Gasteiger partial charge in [0.2, 0.25) is 5.91 Å². The van der Waals surface area contributed by atoms with Gasteiger partial charge in [0, 0.05) is 17.5 Å². The van der Waals surface area contributed by atoms with E-state index in [2.05, 4.69) is 20.4 Å². The summed E-state index contributed by atoms with van der Waals surface area (Å²) in [5.74, 6) is 1.78. The Bertz CT molecular complexity index is 1050. The summed E-state index contributed by atoms with van der Waals surface area (Å²) >= 11 is 0. The first kappa shape index (κ1) is 21.8. The Kier molecular flexibility index (Phi) is 6.65. The van der Waals surface area contributed by atoms with Crippen molar-refractivity contribution in [1.29, 1.82) is 0 Å². The summed E-state index contributed by atoms with van der Waals surface area (Å²) in [5, 5.41) is 12.7. The average molecular weight is 437 g/mol. The maximum Gasteiger partial charge on any atom is 0.220 e. The molecule has 0 saturated carbocycles. The van der Waals surface area contributed by atoms with Crippen molar-refractivity contribution in [1.82, 2.24) is 25.1 Å². The smallest absolute Gasteiger partial charge is 0.220 e. The van der Waals surface area contributed by atoms with Gasteiger partial charge >= 0.3 is 0 Å². The number of nitrogens with zero attached hydrogens (tertiary/aromatic N) is 5. The fraction of sp³-hybridized carbons (Fsp3) is 0.391. The minimum absolute atomic E-state index is 0.107. The second kappa shape index (κ2) is 9.78. The van der Waals surface area contributed by atoms with E-state index in [4.69, 9.17) is 15.2 Å². The molecule has 2 heterocycles. The quantitative estimate of drug-likeness (QED) is 0.575. The molecule has 0 spiro atoms. The average Bonchev–Trinajstić information content (AvgIpc) is 3.28. The first-order valence-electron chi connectivity index (χ1n) is 10.7. The molecule has 0 radical (unpaired) electrons. The van der Waals surface area contributed by atoms with Gasteiger partial charge in [-0.2, -0.15) is 0 Å². The van der Waals surface area contributed by atoms with Gasteiger partial charge in [0.05, 0.1) is 20.8 Å². The van der Waals surface area contributed by atoms with Crippen molar-refractivity contribution in [2.75, 3.05) is 27.3 Å². The van der Waals surface area contributed by atoms with E-state index in [-0.39, 0.29) is 17.9 Å². The summed E-state index contributed by atoms with van der Waals surface area (Å²) in [5.41, 5.74) is 7.60. The number of carbonyl (C=O) groups excluding carboxylic acids is 1. The maximum absolute atomic E-state index is 11.7. The summed E-state index contributed by atoms with van der Waals surface area (Å²) in [4.78, 5) is 14.0. The minimum atomic E-state index is -0.247. The number of carbonyl (C=O) groups is 1. The molecular formula is C23H28N6O3. The van der Waals surface area contributed by atoms with E-state index in [9.17, 15) is 4.79 Å². The molecule has 9 nitrogen and oxygen atoms in total. The Balaban J connectivity index is 1.73. The minimum Gasteiger partial charge on any atom is -0.497 e. The highest BCUT2D eigenvalue weighted by molar-refractivity contribution is 5.76. The number of tetrazole rings is 1. The molecule has 32 heavy (non-hydrogen) atoms. The zero-order chi connectivity index (χ0) is 22.5. The molecule has 1 aliphatic rings. The van der Waals surface area contributed by atoms with Crippen LogP contribution in [0.2, 0.25) is 0 Å². The Morgan fingerprint density at radius 3 is 2.53 bits per heavy atom. The van der Waals surface area contributed by atoms with Crippen molar-refractivity contribution in [3.8, 4) is 11.5 Å². The van der Waals surface area contributed by atoms with Gasteiger partial charge in [0.15, 0.2) is 5.82 Å². The molecule has 0 unspecified atom stereocenters. The van der Waals surface area contributed by atoms with Crippen LogP contribution in [-0.4, -0.2) is 58.3 Å². The number of hydrogen-bond acceptors (Lipinski definition) is 7. The number of amides is 1. The number of primary amides is 1. The standard InChI is InChI=1S/C23H28N6O3/c1-31-18-8-9-19(20(14-18)32-2)21(28-12-10-17(11-13-28)22(24)30)23-25-26-27-29(23)15-16-6-4-3-5-7-16/h3-9,14,17,21H,10-13,15H2,1-2H3,(H2,24,30)/t21-/m1/s1. The van der Waals surface area contributed by atoms with Gasteiger partial charge in [0.25, 0.3) is 0 Å². The highest BCUT2D eigenvalue weighted by atomic mass is 16.5. The Labute approximate surface area is 187 Å². The third-order valence-electron chi connectivity index (χ3n) is 6.01. The fourth-order valence-electron chi connectivity index (χ4n) is 4.26. The number of rotatable bonds is 8. The number of nitrogens with two attached hydrogens (primary N) is 1. The number of hydrogen-bond donors (Lipinski definition) is 1. The van der Waals surface area contributed by atoms with Crippen LogP contribution in [0.3, 0.4) is 0 Å². The van der Waals surface area contributed by atoms with E-state index in [0.29, 0.717) is 44.0 Å². The number of methoxy groups -OCH3 is 2. The zero-order valence-corrected chi connectivity index (χ0v) is 18.3. The van der Waals surface area contributed by atoms with Crippen LogP contribution in [-0.2, 0) is 11.3 Å². The second-order valence-electron chi connectivity index (χ2n) is 7.90. The SMILES string of the molecule is COc1ccc([C@H](c2nnnn2Cc2ccccc2)N2CCC(C(N)=O)CC2)c(OC)c1. The lowest BCUT2D eigenvalue weighted by Gasteiger charge is -2.36. The Hall–Kier alpha value is -3.46. The van der Waals surface area contributed by atoms with E-state index in [1.54, 1.807) is 14.2 Å². The summed E-state index contributed by atoms with van der Waals surface area (Å²) < 4.78 is 12.9. The van der Waals surface area contributed by atoms with Crippen LogP contribution in [0.25, 0.3) is 0 Å². The first-order chi connectivity index (χ1) is 15.6. The molecule has 2 N–H and O–H groups in total. The highest BCUT2D eigenvalue weighted by Gasteiger charge is 2.34. The number of aromatic nitrogens is 4. The van der Waals surface area contributed by atoms with Crippen LogP contribution in [0.1, 0.15) is 35.8 Å². The highest BCUT2D eigenvalue weighted by Crippen LogP contribution is 2.38. The predicted molar refractivity (Wildman–Crippen MR) is 118 cm³/mol. The van der Waals surface area contributed by atoms with E-state index < -0.39 is 0 Å². The third kappa shape index (κ3) is 4.57. The van der Waals surface area contributed by atoms with E-state index in [1.807, 2.05) is 53.2 Å². The Morgan fingerprint density at radius 2 is 1.88 bits per heavy atom. The van der Waals surface area contributed by atoms with Crippen molar-refractivity contribution in [2.45, 2.75) is 25.4 Å². The summed E-state index contributed by atoms with van der Waals surface area (Å²) in [6.45, 7) is 1.95. The van der Waals surface area contributed by atoms with Gasteiger partial charge in [-0.1, -0.05) is 30.3 Å². The molecule has 4 rings (SSSR count). The molecule has 0 aliphatic carbocycles. The van der Waals surface area contributed by atoms with Crippen molar-refractivity contribution >= 4 is 5.91 Å². The second-order valence-corrected chi connectivity index (χ2v) is 7.90. The molecule has 1 atom stereocenters. The lowest BCUT2D eigenvalue weighted by atomic mass is 9.93. The lowest BCUT2D eigenvalue weighted by Crippen LogP contribution is -2.41. The predicted octanol–water partition coefficient (Wildman–Crippen LogP) is 2.03. The molecule has 2 aromatic carbocycles. The van der Waals surface area contributed by atoms with Crippen LogP contribution < -0.4 is 15.2 Å². The zero-order valence-electron chi connectivity index (χ0n) is 18.3. The van der Waals surface area contributed by atoms with E-state index >= 15 is 0 Å². The fourth-order valence-corrected chi connectivity index (χ4v) is 4.26. The summed E-state index contributed by atoms with van der Waals surface area (Å²) in [6, 6.07) is 15.6. The Morgan fingerprint density at radius 1 is 1.12 bits per heavy atom. The molecule has 9 heteroatoms. The van der Waals surface area contributed by atoms with Crippen LogP contribution in [0.15, 0.2) is 48.5 Å². The molecule has 1 aliphatic heterocycles. The van der Waals surface area contributed by atoms with Gasteiger partial charge in [-0.15, -0.1) is 5.10 Å². The largest absolute Gasteiger partial charge is 0.497 e. The monoisotopic (exact) mass is 436 g/mol. The molecule has 1 aromatic heterocycles. The molecule has 1 saturated heterocycles. The van der Waals surface area contributed by atoms with Crippen LogP contribution in [0, 0.1) is 5.92 Å². The third-order valence-corrected chi connectivity index (χ3v) is 6.01. The van der Waals surface area contributed by atoms with Crippen LogP contribution in [0.5, 0.6) is 11.5 Å². The molecule has 0 bridgehead atoms. The van der Waals surface area contributed by atoms with Crippen LogP contribution in [0.4, 0.5) is 0 Å². The van der Waals surface area contributed by atoms with Crippen molar-refractivity contribution in [3.63, 3.8) is 0 Å². The van der Waals surface area contributed by atoms with Crippen molar-refractivity contribution < 1.29 is 14.3 Å². The van der Waals surface area contributed by atoms with E-state index in [0.717, 1.165) is 17.0 Å². The lowest BCUT2D eigenvalue weighted by molar-refractivity contribution is -0.123. The van der Waals surface area contributed by atoms with Crippen molar-refractivity contribution in [3.05, 3.63) is 65.5 Å². The van der Waals surface area contributed by atoms with Gasteiger partial charge in [-0.05, 0) is 54.1 Å². The van der Waals surface area contributed by atoms with Gasteiger partial charge < -0.3 is 15.2 Å². The molecule has 1 amide bonds. The summed E-state index contributed by atoms with van der Waals surface area (Å²) in [6.07, 6.45) is 1.40. The van der Waals surface area contributed by atoms with Gasteiger partial charge in [0.1, 0.15) is 17.5 Å². The van der Waals surface area contributed by atoms with Gasteiger partial charge in [-0.25, -0.2) is 4.68 Å². The summed E-state index contributed by atoms with van der Waals surface area (Å²) in [7, 11) is 3.27. The van der Waals surface area contributed by atoms with Crippen LogP contribution >= 0.6 is 0 Å². The molecule has 3 aromatic rings. The normalized spacial score (nSPS) is 15.9. The molecule has 168 valence electrons. The molecular weight excluding hydrogens is 408 g/mol. The first-order valence-corrected chi connectivity index (χ1v) is 10.7. The maximum atomic E-state index is 11.7. The van der Waals surface area contributed by atoms with Crippen molar-refractivity contribution in [2.24, 2.45) is 11.7 Å². The number of benzene rings is 2. The van der Waals surface area contributed by atoms with E-state index in [1.165, 1.54) is 0 Å².